The van der Waals surface area contributed by atoms with E-state index in [1.807, 2.05) is 72.8 Å². The van der Waals surface area contributed by atoms with Crippen LogP contribution in [0.5, 0.6) is 17.2 Å². The van der Waals surface area contributed by atoms with E-state index in [0.717, 1.165) is 22.6 Å². The van der Waals surface area contributed by atoms with Gasteiger partial charge in [0.1, 0.15) is 22.9 Å². The number of ether oxygens (including phenoxy) is 3. The first-order valence-corrected chi connectivity index (χ1v) is 11.3. The lowest BCUT2D eigenvalue weighted by Crippen LogP contribution is -2.30. The summed E-state index contributed by atoms with van der Waals surface area (Å²) in [5.41, 5.74) is 3.06. The van der Waals surface area contributed by atoms with Crippen molar-refractivity contribution in [2.24, 2.45) is 4.99 Å². The van der Waals surface area contributed by atoms with Crippen LogP contribution in [0.1, 0.15) is 11.1 Å². The number of aliphatic imine (C=N–C) groups is 1. The van der Waals surface area contributed by atoms with Gasteiger partial charge >= 0.3 is 0 Å². The minimum atomic E-state index is -0.184. The average Bonchev–Trinajstić information content (AvgIpc) is 3.18. The summed E-state index contributed by atoms with van der Waals surface area (Å²) in [6.45, 7) is 0. The molecule has 33 heavy (non-hydrogen) atoms. The van der Waals surface area contributed by atoms with Crippen molar-refractivity contribution < 1.29 is 19.0 Å². The van der Waals surface area contributed by atoms with E-state index in [1.54, 1.807) is 32.3 Å². The van der Waals surface area contributed by atoms with E-state index in [0.29, 0.717) is 28.1 Å². The highest BCUT2D eigenvalue weighted by Gasteiger charge is 2.32. The lowest BCUT2D eigenvalue weighted by atomic mass is 10.2. The lowest BCUT2D eigenvalue weighted by Gasteiger charge is -2.18. The van der Waals surface area contributed by atoms with Gasteiger partial charge in [0, 0.05) is 11.8 Å². The van der Waals surface area contributed by atoms with Gasteiger partial charge in [-0.15, -0.1) is 0 Å². The summed E-state index contributed by atoms with van der Waals surface area (Å²) in [6, 6.07) is 22.8. The predicted molar refractivity (Wildman–Crippen MR) is 133 cm³/mol. The Kier molecular flexibility index (Phi) is 7.00. The first-order chi connectivity index (χ1) is 16.1. The second-order valence-corrected chi connectivity index (χ2v) is 8.12. The Morgan fingerprint density at radius 3 is 2.12 bits per heavy atom. The van der Waals surface area contributed by atoms with Crippen LogP contribution >= 0.6 is 11.8 Å². The topological polar surface area (TPSA) is 60.4 Å². The summed E-state index contributed by atoms with van der Waals surface area (Å²) in [4.78, 5) is 19.7. The van der Waals surface area contributed by atoms with Crippen LogP contribution in [0.2, 0.25) is 0 Å². The van der Waals surface area contributed by atoms with E-state index in [1.165, 1.54) is 11.8 Å². The molecule has 1 amide bonds. The Morgan fingerprint density at radius 1 is 0.848 bits per heavy atom. The van der Waals surface area contributed by atoms with Crippen molar-refractivity contribution in [2.45, 2.75) is 5.75 Å². The molecule has 7 heteroatoms. The molecule has 3 aromatic carbocycles. The van der Waals surface area contributed by atoms with Gasteiger partial charge in [-0.3, -0.25) is 9.69 Å². The number of methoxy groups -OCH3 is 3. The van der Waals surface area contributed by atoms with Gasteiger partial charge in [-0.05, 0) is 53.6 Å². The molecule has 0 N–H and O–H groups in total. The molecule has 0 radical (unpaired) electrons. The van der Waals surface area contributed by atoms with E-state index >= 15 is 0 Å². The number of thioether (sulfide) groups is 1. The molecule has 168 valence electrons. The number of anilines is 1. The van der Waals surface area contributed by atoms with Crippen LogP contribution in [-0.2, 0) is 10.5 Å². The van der Waals surface area contributed by atoms with Gasteiger partial charge in [0.15, 0.2) is 5.17 Å². The maximum absolute atomic E-state index is 13.4. The summed E-state index contributed by atoms with van der Waals surface area (Å²) in [5.74, 6) is 2.71. The number of rotatable bonds is 7. The molecule has 0 fully saturated rings. The second kappa shape index (κ2) is 10.3. The van der Waals surface area contributed by atoms with Crippen LogP contribution in [0.15, 0.2) is 83.5 Å². The van der Waals surface area contributed by atoms with Crippen LogP contribution in [0.4, 0.5) is 5.69 Å². The van der Waals surface area contributed by atoms with Crippen molar-refractivity contribution in [1.29, 1.82) is 0 Å². The Morgan fingerprint density at radius 2 is 1.48 bits per heavy atom. The molecular formula is C26H24N2O4S. The first-order valence-electron chi connectivity index (χ1n) is 10.3. The van der Waals surface area contributed by atoms with Crippen LogP contribution < -0.4 is 19.1 Å². The molecule has 0 saturated carbocycles. The Bertz CT molecular complexity index is 1190. The molecule has 6 nitrogen and oxygen atoms in total. The number of carbonyl (C=O) groups is 1. The molecule has 0 aliphatic carbocycles. The molecule has 3 aromatic rings. The quantitative estimate of drug-likeness (QED) is 0.443. The van der Waals surface area contributed by atoms with E-state index in [4.69, 9.17) is 14.2 Å². The zero-order valence-electron chi connectivity index (χ0n) is 18.6. The Balaban J connectivity index is 1.64. The van der Waals surface area contributed by atoms with Gasteiger partial charge in [0.2, 0.25) is 0 Å². The molecular weight excluding hydrogens is 436 g/mol. The van der Waals surface area contributed by atoms with Crippen molar-refractivity contribution in [3.8, 4) is 17.2 Å². The first kappa shape index (κ1) is 22.5. The average molecular weight is 461 g/mol. The minimum Gasteiger partial charge on any atom is -0.497 e. The zero-order valence-corrected chi connectivity index (χ0v) is 19.5. The van der Waals surface area contributed by atoms with Crippen molar-refractivity contribution in [3.05, 3.63) is 89.6 Å². The SMILES string of the molecule is COc1ccc(C=C2N=C(SCc3ccc(OC)cc3)N(c3cccc(OC)c3)C2=O)cc1. The molecule has 0 saturated heterocycles. The maximum atomic E-state index is 13.4. The molecule has 0 unspecified atom stereocenters. The number of nitrogens with zero attached hydrogens (tertiary/aromatic N) is 2. The smallest absolute Gasteiger partial charge is 0.283 e. The summed E-state index contributed by atoms with van der Waals surface area (Å²) in [7, 11) is 4.87. The molecule has 1 aliphatic rings. The van der Waals surface area contributed by atoms with E-state index in [9.17, 15) is 4.79 Å². The van der Waals surface area contributed by atoms with E-state index in [2.05, 4.69) is 4.99 Å². The summed E-state index contributed by atoms with van der Waals surface area (Å²) in [5, 5.41) is 0.615. The summed E-state index contributed by atoms with van der Waals surface area (Å²) < 4.78 is 15.8. The Labute approximate surface area is 197 Å². The van der Waals surface area contributed by atoms with Crippen LogP contribution in [0.3, 0.4) is 0 Å². The highest BCUT2D eigenvalue weighted by Crippen LogP contribution is 2.32. The normalized spacial score (nSPS) is 14.4. The molecule has 4 rings (SSSR count). The largest absolute Gasteiger partial charge is 0.497 e. The van der Waals surface area contributed by atoms with Gasteiger partial charge < -0.3 is 14.2 Å². The van der Waals surface area contributed by atoms with Gasteiger partial charge in [-0.1, -0.05) is 42.1 Å². The second-order valence-electron chi connectivity index (χ2n) is 7.18. The molecule has 1 heterocycles. The fourth-order valence-electron chi connectivity index (χ4n) is 3.30. The monoisotopic (exact) mass is 460 g/mol. The van der Waals surface area contributed by atoms with Crippen LogP contribution in [0, 0.1) is 0 Å². The number of benzene rings is 3. The highest BCUT2D eigenvalue weighted by atomic mass is 32.2. The third kappa shape index (κ3) is 5.21. The molecule has 0 atom stereocenters. The summed E-state index contributed by atoms with van der Waals surface area (Å²) in [6.07, 6.45) is 1.79. The van der Waals surface area contributed by atoms with Crippen molar-refractivity contribution >= 4 is 34.6 Å². The van der Waals surface area contributed by atoms with Crippen molar-refractivity contribution in [1.82, 2.24) is 0 Å². The number of carbonyl (C=O) groups excluding carboxylic acids is 1. The van der Waals surface area contributed by atoms with Crippen LogP contribution in [-0.4, -0.2) is 32.4 Å². The maximum Gasteiger partial charge on any atom is 0.283 e. The lowest BCUT2D eigenvalue weighted by molar-refractivity contribution is -0.113. The molecule has 0 bridgehead atoms. The Hall–Kier alpha value is -3.71. The number of hydrogen-bond donors (Lipinski definition) is 0. The summed E-state index contributed by atoms with van der Waals surface area (Å²) >= 11 is 1.50. The number of amidine groups is 1. The van der Waals surface area contributed by atoms with Gasteiger partial charge in [0.05, 0.1) is 27.0 Å². The number of hydrogen-bond acceptors (Lipinski definition) is 6. The van der Waals surface area contributed by atoms with Gasteiger partial charge in [-0.25, -0.2) is 4.99 Å². The third-order valence-corrected chi connectivity index (χ3v) is 6.10. The minimum absolute atomic E-state index is 0.184. The van der Waals surface area contributed by atoms with Gasteiger partial charge in [-0.2, -0.15) is 0 Å². The third-order valence-electron chi connectivity index (χ3n) is 5.09. The zero-order chi connectivity index (χ0) is 23.2. The van der Waals surface area contributed by atoms with Gasteiger partial charge in [0.25, 0.3) is 5.91 Å². The van der Waals surface area contributed by atoms with E-state index in [-0.39, 0.29) is 5.91 Å². The standard InChI is InChI=1S/C26H24N2O4S/c1-30-21-11-7-18(8-12-21)15-24-25(29)28(20-5-4-6-23(16-20)32-3)26(27-24)33-17-19-9-13-22(31-2)14-10-19/h4-16H,17H2,1-3H3. The van der Waals surface area contributed by atoms with Crippen LogP contribution in [0.25, 0.3) is 6.08 Å². The molecule has 1 aliphatic heterocycles. The van der Waals surface area contributed by atoms with E-state index < -0.39 is 0 Å². The van der Waals surface area contributed by atoms with Crippen molar-refractivity contribution in [3.63, 3.8) is 0 Å². The van der Waals surface area contributed by atoms with Crippen molar-refractivity contribution in [2.75, 3.05) is 26.2 Å². The predicted octanol–water partition coefficient (Wildman–Crippen LogP) is 5.39. The highest BCUT2D eigenvalue weighted by molar-refractivity contribution is 8.13. The fraction of sp³-hybridized carbons (Fsp3) is 0.154. The number of amides is 1. The molecule has 0 aromatic heterocycles. The fourth-order valence-corrected chi connectivity index (χ4v) is 4.27. The molecule has 0 spiro atoms.